The molecule has 0 saturated heterocycles. The van der Waals surface area contributed by atoms with Crippen molar-refractivity contribution in [2.75, 3.05) is 26.4 Å². The van der Waals surface area contributed by atoms with Crippen LogP contribution in [0.3, 0.4) is 0 Å². The number of carboxylic acid groups (broad SMARTS) is 1. The molecule has 0 spiro atoms. The molecule has 0 aromatic carbocycles. The van der Waals surface area contributed by atoms with Crippen LogP contribution in [0.25, 0.3) is 0 Å². The van der Waals surface area contributed by atoms with Gasteiger partial charge in [0.25, 0.3) is 0 Å². The second-order valence-electron chi connectivity index (χ2n) is 4.42. The van der Waals surface area contributed by atoms with Crippen molar-refractivity contribution in [1.82, 2.24) is 0 Å². The fourth-order valence-corrected chi connectivity index (χ4v) is 2.16. The molecular weight excluding hydrogens is 240 g/mol. The number of aliphatic hydroxyl groups excluding tert-OH is 1. The zero-order valence-corrected chi connectivity index (χ0v) is 10.4. The van der Waals surface area contributed by atoms with E-state index in [4.69, 9.17) is 14.6 Å². The van der Waals surface area contributed by atoms with Crippen molar-refractivity contribution in [2.45, 2.75) is 32.1 Å². The van der Waals surface area contributed by atoms with Crippen LogP contribution >= 0.6 is 0 Å². The molecule has 0 bridgehead atoms. The highest BCUT2D eigenvalue weighted by Crippen LogP contribution is 2.37. The zero-order chi connectivity index (χ0) is 13.4. The average Bonchev–Trinajstić information content (AvgIpc) is 2.39. The van der Waals surface area contributed by atoms with Crippen LogP contribution in [0.1, 0.15) is 32.1 Å². The van der Waals surface area contributed by atoms with Crippen LogP contribution in [0.4, 0.5) is 0 Å². The Labute approximate surface area is 106 Å². The van der Waals surface area contributed by atoms with Crippen LogP contribution in [0, 0.1) is 5.41 Å². The molecule has 0 aliphatic heterocycles. The van der Waals surface area contributed by atoms with E-state index in [-0.39, 0.29) is 26.4 Å². The Morgan fingerprint density at radius 3 is 2.28 bits per heavy atom. The number of hydrogen-bond acceptors (Lipinski definition) is 5. The summed E-state index contributed by atoms with van der Waals surface area (Å²) >= 11 is 0. The highest BCUT2D eigenvalue weighted by atomic mass is 16.6. The predicted molar refractivity (Wildman–Crippen MR) is 62.0 cm³/mol. The van der Waals surface area contributed by atoms with Gasteiger partial charge in [-0.1, -0.05) is 19.3 Å². The van der Waals surface area contributed by atoms with Crippen LogP contribution in [0.5, 0.6) is 0 Å². The summed E-state index contributed by atoms with van der Waals surface area (Å²) in [6.45, 7) is 0.282. The van der Waals surface area contributed by atoms with Crippen LogP contribution in [-0.4, -0.2) is 48.6 Å². The normalized spacial score (nSPS) is 18.3. The lowest BCUT2D eigenvalue weighted by molar-refractivity contribution is -0.172. The summed E-state index contributed by atoms with van der Waals surface area (Å²) in [5.74, 6) is -1.76. The van der Waals surface area contributed by atoms with Gasteiger partial charge in [-0.05, 0) is 12.8 Å². The van der Waals surface area contributed by atoms with Gasteiger partial charge in [-0.2, -0.15) is 0 Å². The van der Waals surface area contributed by atoms with Crippen molar-refractivity contribution >= 4 is 11.9 Å². The number of esters is 1. The zero-order valence-electron chi connectivity index (χ0n) is 10.4. The minimum Gasteiger partial charge on any atom is -0.480 e. The first-order chi connectivity index (χ1) is 8.63. The molecular formula is C12H20O6. The lowest BCUT2D eigenvalue weighted by Crippen LogP contribution is -2.42. The third-order valence-corrected chi connectivity index (χ3v) is 3.20. The van der Waals surface area contributed by atoms with Crippen LogP contribution in [-0.2, 0) is 19.1 Å². The van der Waals surface area contributed by atoms with Gasteiger partial charge in [0.1, 0.15) is 6.61 Å². The number of carboxylic acids is 1. The summed E-state index contributed by atoms with van der Waals surface area (Å²) in [7, 11) is 0. The molecule has 2 N–H and O–H groups in total. The number of carbonyl (C=O) groups excluding carboxylic acids is 1. The third kappa shape index (κ3) is 3.68. The largest absolute Gasteiger partial charge is 0.480 e. The summed E-state index contributed by atoms with van der Waals surface area (Å²) in [5.41, 5.74) is -1.37. The lowest BCUT2D eigenvalue weighted by atomic mass is 9.74. The predicted octanol–water partition coefficient (Wildman–Crippen LogP) is 0.574. The summed E-state index contributed by atoms with van der Waals surface area (Å²) < 4.78 is 9.91. The van der Waals surface area contributed by atoms with Gasteiger partial charge in [-0.25, -0.2) is 0 Å². The Balaban J connectivity index is 2.43. The van der Waals surface area contributed by atoms with Gasteiger partial charge in [-0.3, -0.25) is 9.59 Å². The van der Waals surface area contributed by atoms with Gasteiger partial charge in [0.15, 0.2) is 5.41 Å². The molecule has 6 nitrogen and oxygen atoms in total. The molecule has 6 heteroatoms. The van der Waals surface area contributed by atoms with E-state index in [1.54, 1.807) is 0 Å². The topological polar surface area (TPSA) is 93.1 Å². The third-order valence-electron chi connectivity index (χ3n) is 3.20. The van der Waals surface area contributed by atoms with E-state index in [0.29, 0.717) is 12.8 Å². The molecule has 0 amide bonds. The van der Waals surface area contributed by atoms with Crippen LogP contribution < -0.4 is 0 Å². The van der Waals surface area contributed by atoms with Crippen molar-refractivity contribution in [3.8, 4) is 0 Å². The van der Waals surface area contributed by atoms with Crippen LogP contribution in [0.2, 0.25) is 0 Å². The molecule has 0 unspecified atom stereocenters. The number of hydrogen-bond donors (Lipinski definition) is 2. The molecule has 0 atom stereocenters. The Morgan fingerprint density at radius 2 is 1.72 bits per heavy atom. The molecule has 1 rings (SSSR count). The van der Waals surface area contributed by atoms with Gasteiger partial charge < -0.3 is 19.7 Å². The molecule has 0 aromatic heterocycles. The van der Waals surface area contributed by atoms with Crippen molar-refractivity contribution < 1.29 is 29.3 Å². The maximum atomic E-state index is 11.9. The summed E-state index contributed by atoms with van der Waals surface area (Å²) in [4.78, 5) is 23.2. The Kier molecular flexibility index (Phi) is 6.07. The average molecular weight is 260 g/mol. The monoisotopic (exact) mass is 260 g/mol. The SMILES string of the molecule is O=C(O)C1(C(=O)OCCOCCO)CCCCC1. The van der Waals surface area contributed by atoms with E-state index in [2.05, 4.69) is 0 Å². The first kappa shape index (κ1) is 14.9. The van der Waals surface area contributed by atoms with Crippen LogP contribution in [0.15, 0.2) is 0 Å². The molecule has 1 aliphatic carbocycles. The Hall–Kier alpha value is -1.14. The van der Waals surface area contributed by atoms with Gasteiger partial charge in [0, 0.05) is 0 Å². The summed E-state index contributed by atoms with van der Waals surface area (Å²) in [5, 5.41) is 17.7. The standard InChI is InChI=1S/C12H20O6/c13-6-7-17-8-9-18-11(16)12(10(14)15)4-2-1-3-5-12/h13H,1-9H2,(H,14,15). The number of ether oxygens (including phenoxy) is 2. The van der Waals surface area contributed by atoms with E-state index in [1.165, 1.54) is 0 Å². The maximum absolute atomic E-state index is 11.9. The van der Waals surface area contributed by atoms with E-state index < -0.39 is 17.4 Å². The highest BCUT2D eigenvalue weighted by molar-refractivity contribution is 5.99. The summed E-state index contributed by atoms with van der Waals surface area (Å²) in [6, 6.07) is 0. The molecule has 104 valence electrons. The molecule has 1 fully saturated rings. The van der Waals surface area contributed by atoms with E-state index in [9.17, 15) is 14.7 Å². The molecule has 0 aromatic rings. The molecule has 1 aliphatic rings. The molecule has 18 heavy (non-hydrogen) atoms. The molecule has 1 saturated carbocycles. The number of rotatable bonds is 7. The first-order valence-corrected chi connectivity index (χ1v) is 6.23. The second-order valence-corrected chi connectivity index (χ2v) is 4.42. The van der Waals surface area contributed by atoms with Crippen molar-refractivity contribution in [1.29, 1.82) is 0 Å². The Morgan fingerprint density at radius 1 is 1.06 bits per heavy atom. The van der Waals surface area contributed by atoms with Gasteiger partial charge >= 0.3 is 11.9 Å². The summed E-state index contributed by atoms with van der Waals surface area (Å²) in [6.07, 6.45) is 3.13. The maximum Gasteiger partial charge on any atom is 0.323 e. The molecule has 0 radical (unpaired) electrons. The van der Waals surface area contributed by atoms with E-state index in [0.717, 1.165) is 19.3 Å². The van der Waals surface area contributed by atoms with Crippen molar-refractivity contribution in [2.24, 2.45) is 5.41 Å². The number of carbonyl (C=O) groups is 2. The smallest absolute Gasteiger partial charge is 0.323 e. The van der Waals surface area contributed by atoms with Gasteiger partial charge in [-0.15, -0.1) is 0 Å². The second kappa shape index (κ2) is 7.33. The quantitative estimate of drug-likeness (QED) is 0.395. The van der Waals surface area contributed by atoms with Gasteiger partial charge in [0.05, 0.1) is 19.8 Å². The number of aliphatic hydroxyl groups is 1. The van der Waals surface area contributed by atoms with Gasteiger partial charge in [0.2, 0.25) is 0 Å². The van der Waals surface area contributed by atoms with Crippen molar-refractivity contribution in [3.05, 3.63) is 0 Å². The van der Waals surface area contributed by atoms with E-state index >= 15 is 0 Å². The lowest BCUT2D eigenvalue weighted by Gasteiger charge is -2.30. The number of aliphatic carboxylic acids is 1. The van der Waals surface area contributed by atoms with E-state index in [1.807, 2.05) is 0 Å². The fourth-order valence-electron chi connectivity index (χ4n) is 2.16. The van der Waals surface area contributed by atoms with Crippen molar-refractivity contribution in [3.63, 3.8) is 0 Å². The minimum atomic E-state index is -1.37. The first-order valence-electron chi connectivity index (χ1n) is 6.23. The molecule has 0 heterocycles. The Bertz CT molecular complexity index is 282. The minimum absolute atomic E-state index is 0.0217. The fraction of sp³-hybridized carbons (Fsp3) is 0.833. The highest BCUT2D eigenvalue weighted by Gasteiger charge is 2.48.